The summed E-state index contributed by atoms with van der Waals surface area (Å²) in [6.45, 7) is 0.642. The first kappa shape index (κ1) is 23.1. The monoisotopic (exact) mass is 501 g/mol. The van der Waals surface area contributed by atoms with Gasteiger partial charge in [0.2, 0.25) is 0 Å². The standard InChI is InChI=1S/C32H23NO3S/c34-31-30(37-32(35)33(31)20-23-14-15-24-10-4-5-12-26(24)18-23)19-28-27-13-7-6-11-25(27)16-17-29(28)36-21-22-8-2-1-3-9-22/h1-19H,20-21H2/b30-19-. The zero-order valence-corrected chi connectivity index (χ0v) is 20.8. The third-order valence-corrected chi connectivity index (χ3v) is 7.38. The van der Waals surface area contributed by atoms with Crippen molar-refractivity contribution in [2.24, 2.45) is 0 Å². The summed E-state index contributed by atoms with van der Waals surface area (Å²) >= 11 is 0.974. The summed E-state index contributed by atoms with van der Waals surface area (Å²) in [5, 5.41) is 3.94. The minimum atomic E-state index is -0.287. The lowest BCUT2D eigenvalue weighted by molar-refractivity contribution is -0.123. The molecule has 5 aromatic rings. The molecule has 1 aliphatic rings. The molecule has 0 aromatic heterocycles. The van der Waals surface area contributed by atoms with E-state index in [1.807, 2.05) is 109 Å². The largest absolute Gasteiger partial charge is 0.488 e. The molecule has 180 valence electrons. The number of carbonyl (C=O) groups excluding carboxylic acids is 2. The average Bonchev–Trinajstić information content (AvgIpc) is 3.20. The fourth-order valence-electron chi connectivity index (χ4n) is 4.57. The van der Waals surface area contributed by atoms with Gasteiger partial charge in [0.05, 0.1) is 11.4 Å². The number of nitrogens with zero attached hydrogens (tertiary/aromatic N) is 1. The fraction of sp³-hybridized carbons (Fsp3) is 0.0625. The Morgan fingerprint density at radius 2 is 1.41 bits per heavy atom. The number of amides is 2. The maximum Gasteiger partial charge on any atom is 0.293 e. The Morgan fingerprint density at radius 1 is 0.703 bits per heavy atom. The summed E-state index contributed by atoms with van der Waals surface area (Å²) in [4.78, 5) is 28.0. The van der Waals surface area contributed by atoms with E-state index < -0.39 is 0 Å². The molecule has 0 saturated carbocycles. The molecule has 0 atom stereocenters. The van der Waals surface area contributed by atoms with Crippen molar-refractivity contribution >= 4 is 50.5 Å². The molecular weight excluding hydrogens is 478 g/mol. The second-order valence-corrected chi connectivity index (χ2v) is 9.92. The highest BCUT2D eigenvalue weighted by molar-refractivity contribution is 8.18. The normalized spacial score (nSPS) is 14.7. The Kier molecular flexibility index (Phi) is 6.21. The topological polar surface area (TPSA) is 46.6 Å². The van der Waals surface area contributed by atoms with Gasteiger partial charge in [0.1, 0.15) is 12.4 Å². The van der Waals surface area contributed by atoms with Gasteiger partial charge in [0.25, 0.3) is 11.1 Å². The van der Waals surface area contributed by atoms with Gasteiger partial charge in [-0.3, -0.25) is 14.5 Å². The van der Waals surface area contributed by atoms with E-state index >= 15 is 0 Å². The summed E-state index contributed by atoms with van der Waals surface area (Å²) < 4.78 is 6.20. The quantitative estimate of drug-likeness (QED) is 0.223. The zero-order chi connectivity index (χ0) is 25.2. The smallest absolute Gasteiger partial charge is 0.293 e. The molecule has 5 aromatic carbocycles. The minimum Gasteiger partial charge on any atom is -0.488 e. The van der Waals surface area contributed by atoms with E-state index in [4.69, 9.17) is 4.74 Å². The van der Waals surface area contributed by atoms with Crippen molar-refractivity contribution in [2.45, 2.75) is 13.2 Å². The van der Waals surface area contributed by atoms with Gasteiger partial charge in [-0.25, -0.2) is 0 Å². The zero-order valence-electron chi connectivity index (χ0n) is 20.0. The van der Waals surface area contributed by atoms with Crippen LogP contribution < -0.4 is 4.74 Å². The van der Waals surface area contributed by atoms with E-state index in [1.165, 1.54) is 4.90 Å². The Hall–Kier alpha value is -4.35. The molecule has 0 unspecified atom stereocenters. The molecule has 0 radical (unpaired) electrons. The highest BCUT2D eigenvalue weighted by atomic mass is 32.2. The van der Waals surface area contributed by atoms with Crippen LogP contribution in [-0.4, -0.2) is 16.0 Å². The van der Waals surface area contributed by atoms with Crippen LogP contribution in [-0.2, 0) is 17.9 Å². The third-order valence-electron chi connectivity index (χ3n) is 6.47. The van der Waals surface area contributed by atoms with Gasteiger partial charge in [-0.1, -0.05) is 97.1 Å². The first-order chi connectivity index (χ1) is 18.2. The maximum absolute atomic E-state index is 13.4. The van der Waals surface area contributed by atoms with Crippen LogP contribution in [0, 0.1) is 0 Å². The summed E-state index contributed by atoms with van der Waals surface area (Å²) in [5.74, 6) is 0.383. The van der Waals surface area contributed by atoms with Crippen molar-refractivity contribution in [2.75, 3.05) is 0 Å². The van der Waals surface area contributed by atoms with Crippen LogP contribution in [0.4, 0.5) is 4.79 Å². The van der Waals surface area contributed by atoms with E-state index in [9.17, 15) is 9.59 Å². The number of thioether (sulfide) groups is 1. The van der Waals surface area contributed by atoms with Crippen molar-refractivity contribution < 1.29 is 14.3 Å². The van der Waals surface area contributed by atoms with Crippen LogP contribution in [0.2, 0.25) is 0 Å². The number of benzene rings is 5. The minimum absolute atomic E-state index is 0.236. The van der Waals surface area contributed by atoms with Crippen LogP contribution in [0.5, 0.6) is 5.75 Å². The van der Waals surface area contributed by atoms with E-state index in [2.05, 4.69) is 0 Å². The molecule has 5 heteroatoms. The number of rotatable bonds is 6. The van der Waals surface area contributed by atoms with Gasteiger partial charge >= 0.3 is 0 Å². The van der Waals surface area contributed by atoms with E-state index in [0.29, 0.717) is 17.3 Å². The Labute approximate surface area is 219 Å². The third kappa shape index (κ3) is 4.74. The lowest BCUT2D eigenvalue weighted by atomic mass is 10.0. The Bertz CT molecular complexity index is 1680. The van der Waals surface area contributed by atoms with Gasteiger partial charge < -0.3 is 4.74 Å². The summed E-state index contributed by atoms with van der Waals surface area (Å²) in [6.07, 6.45) is 1.80. The molecule has 2 amide bonds. The molecule has 0 aliphatic carbocycles. The lowest BCUT2D eigenvalue weighted by Crippen LogP contribution is -2.27. The summed E-state index contributed by atoms with van der Waals surface area (Å²) in [5.41, 5.74) is 2.77. The molecular formula is C32H23NO3S. The van der Waals surface area contributed by atoms with Crippen LogP contribution in [0.3, 0.4) is 0 Å². The van der Waals surface area contributed by atoms with Crippen molar-refractivity contribution in [1.29, 1.82) is 0 Å². The molecule has 1 aliphatic heterocycles. The van der Waals surface area contributed by atoms with Crippen molar-refractivity contribution in [3.8, 4) is 5.75 Å². The molecule has 1 saturated heterocycles. The number of hydrogen-bond acceptors (Lipinski definition) is 4. The van der Waals surface area contributed by atoms with E-state index in [1.54, 1.807) is 6.08 Å². The molecule has 4 nitrogen and oxygen atoms in total. The van der Waals surface area contributed by atoms with E-state index in [0.717, 1.165) is 50.0 Å². The van der Waals surface area contributed by atoms with Gasteiger partial charge in [-0.05, 0) is 62.6 Å². The molecule has 6 rings (SSSR count). The number of carbonyl (C=O) groups is 2. The Morgan fingerprint density at radius 3 is 2.24 bits per heavy atom. The number of fused-ring (bicyclic) bond motifs is 2. The van der Waals surface area contributed by atoms with Gasteiger partial charge in [-0.15, -0.1) is 0 Å². The molecule has 0 spiro atoms. The molecule has 1 heterocycles. The van der Waals surface area contributed by atoms with Crippen molar-refractivity contribution in [3.63, 3.8) is 0 Å². The maximum atomic E-state index is 13.4. The molecule has 0 N–H and O–H groups in total. The SMILES string of the molecule is O=C1S/C(=C\c2c(OCc3ccccc3)ccc3ccccc23)C(=O)N1Cc1ccc2ccccc2c1. The first-order valence-electron chi connectivity index (χ1n) is 12.1. The first-order valence-corrected chi connectivity index (χ1v) is 12.9. The van der Waals surface area contributed by atoms with Crippen LogP contribution in [0.1, 0.15) is 16.7 Å². The van der Waals surface area contributed by atoms with Crippen molar-refractivity contribution in [1.82, 2.24) is 4.90 Å². The highest BCUT2D eigenvalue weighted by Gasteiger charge is 2.35. The predicted molar refractivity (Wildman–Crippen MR) is 150 cm³/mol. The van der Waals surface area contributed by atoms with Crippen LogP contribution >= 0.6 is 11.8 Å². The molecule has 37 heavy (non-hydrogen) atoms. The fourth-order valence-corrected chi connectivity index (χ4v) is 5.39. The van der Waals surface area contributed by atoms with Crippen LogP contribution in [0.15, 0.2) is 114 Å². The molecule has 1 fully saturated rings. The molecule has 0 bridgehead atoms. The summed E-state index contributed by atoms with van der Waals surface area (Å²) in [6, 6.07) is 35.9. The second kappa shape index (κ2) is 9.96. The van der Waals surface area contributed by atoms with Gasteiger partial charge in [-0.2, -0.15) is 0 Å². The van der Waals surface area contributed by atoms with E-state index in [-0.39, 0.29) is 17.7 Å². The van der Waals surface area contributed by atoms with Gasteiger partial charge in [0, 0.05) is 5.56 Å². The van der Waals surface area contributed by atoms with Gasteiger partial charge in [0.15, 0.2) is 0 Å². The summed E-state index contributed by atoms with van der Waals surface area (Å²) in [7, 11) is 0. The van der Waals surface area contributed by atoms with Crippen LogP contribution in [0.25, 0.3) is 27.6 Å². The number of hydrogen-bond donors (Lipinski definition) is 0. The lowest BCUT2D eigenvalue weighted by Gasteiger charge is -2.14. The highest BCUT2D eigenvalue weighted by Crippen LogP contribution is 2.37. The average molecular weight is 502 g/mol. The predicted octanol–water partition coefficient (Wildman–Crippen LogP) is 7.81. The number of imide groups is 1. The Balaban J connectivity index is 1.32. The second-order valence-electron chi connectivity index (χ2n) is 8.92. The number of ether oxygens (including phenoxy) is 1. The van der Waals surface area contributed by atoms with Crippen molar-refractivity contribution in [3.05, 3.63) is 131 Å².